The molecule has 0 aromatic heterocycles. The molecular formula is C77H142N2O7P+. The summed E-state index contributed by atoms with van der Waals surface area (Å²) < 4.78 is 30.9. The normalized spacial score (nSPS) is 14.0. The van der Waals surface area contributed by atoms with E-state index < -0.39 is 20.0 Å². The summed E-state index contributed by atoms with van der Waals surface area (Å²) in [7, 11) is 1.50. The molecule has 0 aromatic carbocycles. The standard InChI is InChI=1S/C77H141N2O7P/c1-7-10-13-16-19-22-25-28-30-32-34-36-38-39-41-43-45-47-49-52-55-58-61-64-67-70-77(81)86-75(68-65-62-59-56-53-50-27-24-21-18-15-12-9-3)74(73-85-87(82,83)84-72-71-79(4,5)6)78-76(80)69-66-63-60-57-54-51-48-46-44-42-40-37-35-33-31-29-26-23-20-17-14-11-8-2/h10,13,19,22,28-31,34,36,39,41,65,68,74-75H,7-9,11-12,14-18,20-21,23-27,32-33,35,37-38,40,42-64,66-67,69-73H2,1-6H3,(H-,78,80,82,83)/p+1/b13-10-,22-19-,30-28-,31-29+,36-34-,41-39-,68-65+. The first kappa shape index (κ1) is 84.2. The Morgan fingerprint density at radius 3 is 1.11 bits per heavy atom. The Labute approximate surface area is 539 Å². The van der Waals surface area contributed by atoms with E-state index in [2.05, 4.69) is 99.0 Å². The number of carbonyl (C=O) groups is 2. The van der Waals surface area contributed by atoms with Crippen molar-refractivity contribution in [2.75, 3.05) is 40.9 Å². The van der Waals surface area contributed by atoms with E-state index in [-0.39, 0.29) is 31.5 Å². The molecule has 0 radical (unpaired) electrons. The van der Waals surface area contributed by atoms with Crippen molar-refractivity contribution < 1.29 is 37.3 Å². The molecule has 1 amide bonds. The van der Waals surface area contributed by atoms with Gasteiger partial charge in [0.15, 0.2) is 0 Å². The van der Waals surface area contributed by atoms with Crippen LogP contribution in [0.25, 0.3) is 0 Å². The molecule has 0 saturated heterocycles. The van der Waals surface area contributed by atoms with Crippen LogP contribution in [0.5, 0.6) is 0 Å². The molecule has 506 valence electrons. The van der Waals surface area contributed by atoms with Crippen LogP contribution in [0.1, 0.15) is 342 Å². The molecule has 3 unspecified atom stereocenters. The lowest BCUT2D eigenvalue weighted by molar-refractivity contribution is -0.870. The molecule has 87 heavy (non-hydrogen) atoms. The Kier molecular flexibility index (Phi) is 64.0. The molecule has 0 fully saturated rings. The number of amides is 1. The maximum Gasteiger partial charge on any atom is 0.472 e. The highest BCUT2D eigenvalue weighted by Crippen LogP contribution is 2.43. The predicted molar refractivity (Wildman–Crippen MR) is 378 cm³/mol. The molecule has 0 saturated carbocycles. The minimum absolute atomic E-state index is 0.0376. The highest BCUT2D eigenvalue weighted by molar-refractivity contribution is 7.47. The third kappa shape index (κ3) is 67.4. The maximum absolute atomic E-state index is 13.6. The van der Waals surface area contributed by atoms with E-state index in [1.165, 1.54) is 205 Å². The van der Waals surface area contributed by atoms with Gasteiger partial charge in [-0.3, -0.25) is 18.6 Å². The minimum Gasteiger partial charge on any atom is -0.456 e. The zero-order valence-corrected chi connectivity index (χ0v) is 58.9. The third-order valence-electron chi connectivity index (χ3n) is 16.3. The van der Waals surface area contributed by atoms with Gasteiger partial charge in [-0.05, 0) is 102 Å². The number of carbonyl (C=O) groups excluding carboxylic acids is 2. The SMILES string of the molecule is CC/C=C\C/C=C\C/C=C\C/C=C\C/C=C\CCCCCCCCCCCC(=O)OC(/C=C/CCCCCCCCCCCCC)C(COP(=O)(O)OCC[N+](C)(C)C)NC(=O)CCCCCCCCCCCCCCC/C=C/CCCCCCCC. The summed E-state index contributed by atoms with van der Waals surface area (Å²) in [5.41, 5.74) is 0. The summed E-state index contributed by atoms with van der Waals surface area (Å²) in [6, 6.07) is -0.855. The van der Waals surface area contributed by atoms with Crippen molar-refractivity contribution in [1.29, 1.82) is 0 Å². The summed E-state index contributed by atoms with van der Waals surface area (Å²) >= 11 is 0. The first-order valence-corrected chi connectivity index (χ1v) is 38.4. The zero-order chi connectivity index (χ0) is 63.5. The number of hydrogen-bond donors (Lipinski definition) is 2. The fourth-order valence-corrected chi connectivity index (χ4v) is 11.4. The number of nitrogens with zero attached hydrogens (tertiary/aromatic N) is 1. The molecule has 0 aliphatic carbocycles. The molecule has 0 rings (SSSR count). The van der Waals surface area contributed by atoms with Crippen molar-refractivity contribution in [3.05, 3.63) is 85.1 Å². The van der Waals surface area contributed by atoms with Gasteiger partial charge in [0.25, 0.3) is 0 Å². The second kappa shape index (κ2) is 66.1. The number of phosphoric acid groups is 1. The number of quaternary nitrogens is 1. The van der Waals surface area contributed by atoms with Crippen LogP contribution in [0.15, 0.2) is 85.1 Å². The number of hydrogen-bond acceptors (Lipinski definition) is 6. The van der Waals surface area contributed by atoms with Crippen molar-refractivity contribution in [3.63, 3.8) is 0 Å². The Morgan fingerprint density at radius 2 is 0.736 bits per heavy atom. The van der Waals surface area contributed by atoms with Crippen LogP contribution < -0.4 is 5.32 Å². The average Bonchev–Trinajstić information content (AvgIpc) is 3.70. The van der Waals surface area contributed by atoms with Gasteiger partial charge in [-0.2, -0.15) is 0 Å². The molecule has 2 N–H and O–H groups in total. The van der Waals surface area contributed by atoms with Crippen molar-refractivity contribution in [2.24, 2.45) is 0 Å². The number of nitrogens with one attached hydrogen (secondary N) is 1. The van der Waals surface area contributed by atoms with Gasteiger partial charge in [0.05, 0.1) is 33.8 Å². The second-order valence-corrected chi connectivity index (χ2v) is 27.5. The number of likely N-dealkylation sites (N-methyl/N-ethyl adjacent to an activating group) is 1. The first-order chi connectivity index (χ1) is 42.4. The van der Waals surface area contributed by atoms with Gasteiger partial charge in [-0.25, -0.2) is 4.57 Å². The fraction of sp³-hybridized carbons (Fsp3) is 0.792. The lowest BCUT2D eigenvalue weighted by Gasteiger charge is -2.27. The Morgan fingerprint density at radius 1 is 0.414 bits per heavy atom. The molecule has 0 spiro atoms. The third-order valence-corrected chi connectivity index (χ3v) is 17.3. The van der Waals surface area contributed by atoms with Crippen LogP contribution >= 0.6 is 7.82 Å². The Hall–Kier alpha value is -2.81. The molecule has 0 heterocycles. The van der Waals surface area contributed by atoms with E-state index >= 15 is 0 Å². The lowest BCUT2D eigenvalue weighted by atomic mass is 10.0. The predicted octanol–water partition coefficient (Wildman–Crippen LogP) is 23.7. The van der Waals surface area contributed by atoms with Crippen LogP contribution in [0.2, 0.25) is 0 Å². The highest BCUT2D eigenvalue weighted by atomic mass is 31.2. The number of ether oxygens (including phenoxy) is 1. The number of phosphoric ester groups is 1. The quantitative estimate of drug-likeness (QED) is 0.0205. The number of rotatable bonds is 67. The highest BCUT2D eigenvalue weighted by Gasteiger charge is 2.30. The first-order valence-electron chi connectivity index (χ1n) is 36.9. The molecule has 10 heteroatoms. The number of esters is 1. The average molecular weight is 1240 g/mol. The zero-order valence-electron chi connectivity index (χ0n) is 58.0. The summed E-state index contributed by atoms with van der Waals surface area (Å²) in [5, 5.41) is 3.08. The Bertz CT molecular complexity index is 1760. The van der Waals surface area contributed by atoms with Gasteiger partial charge in [0.1, 0.15) is 19.3 Å². The Balaban J connectivity index is 5.08. The van der Waals surface area contributed by atoms with Crippen LogP contribution in [-0.2, 0) is 27.9 Å². The van der Waals surface area contributed by atoms with Crippen LogP contribution in [-0.4, -0.2) is 74.3 Å². The van der Waals surface area contributed by atoms with Gasteiger partial charge >= 0.3 is 13.8 Å². The van der Waals surface area contributed by atoms with Gasteiger partial charge in [0.2, 0.25) is 5.91 Å². The molecule has 3 atom stereocenters. The van der Waals surface area contributed by atoms with Crippen molar-refractivity contribution in [1.82, 2.24) is 5.32 Å². The second-order valence-electron chi connectivity index (χ2n) is 26.1. The van der Waals surface area contributed by atoms with Crippen LogP contribution in [0.3, 0.4) is 0 Å². The van der Waals surface area contributed by atoms with Gasteiger partial charge in [0, 0.05) is 12.8 Å². The van der Waals surface area contributed by atoms with E-state index in [9.17, 15) is 19.0 Å². The van der Waals surface area contributed by atoms with E-state index in [4.69, 9.17) is 13.8 Å². The van der Waals surface area contributed by atoms with E-state index in [1.54, 1.807) is 0 Å². The lowest BCUT2D eigenvalue weighted by Crippen LogP contribution is -2.47. The van der Waals surface area contributed by atoms with Crippen molar-refractivity contribution >= 4 is 19.7 Å². The summed E-state index contributed by atoms with van der Waals surface area (Å²) in [4.78, 5) is 38.0. The number of unbranched alkanes of at least 4 members (excludes halogenated alkanes) is 39. The number of allylic oxidation sites excluding steroid dienone is 13. The van der Waals surface area contributed by atoms with Gasteiger partial charge < -0.3 is 19.4 Å². The smallest absolute Gasteiger partial charge is 0.456 e. The summed E-state index contributed by atoms with van der Waals surface area (Å²) in [6.07, 6.45) is 88.8. The fourth-order valence-electron chi connectivity index (χ4n) is 10.7. The van der Waals surface area contributed by atoms with Crippen molar-refractivity contribution in [3.8, 4) is 0 Å². The molecule has 9 nitrogen and oxygen atoms in total. The minimum atomic E-state index is -4.46. The van der Waals surface area contributed by atoms with E-state index in [1.807, 2.05) is 33.3 Å². The topological polar surface area (TPSA) is 111 Å². The molecule has 0 aromatic rings. The molecule has 0 aliphatic rings. The maximum atomic E-state index is 13.6. The van der Waals surface area contributed by atoms with Crippen LogP contribution in [0.4, 0.5) is 0 Å². The largest absolute Gasteiger partial charge is 0.472 e. The van der Waals surface area contributed by atoms with E-state index in [0.29, 0.717) is 17.4 Å². The van der Waals surface area contributed by atoms with E-state index in [0.717, 1.165) is 103 Å². The van der Waals surface area contributed by atoms with Gasteiger partial charge in [-0.1, -0.05) is 312 Å². The summed E-state index contributed by atoms with van der Waals surface area (Å²) in [5.74, 6) is -0.502. The summed E-state index contributed by atoms with van der Waals surface area (Å²) in [6.45, 7) is 6.93. The molecular weight excluding hydrogens is 1100 g/mol. The molecule has 0 aliphatic heterocycles. The van der Waals surface area contributed by atoms with Crippen LogP contribution in [0, 0.1) is 0 Å². The molecule has 0 bridgehead atoms. The van der Waals surface area contributed by atoms with Crippen molar-refractivity contribution in [2.45, 2.75) is 354 Å². The monoisotopic (exact) mass is 1240 g/mol. The van der Waals surface area contributed by atoms with Gasteiger partial charge in [-0.15, -0.1) is 0 Å².